The van der Waals surface area contributed by atoms with E-state index in [0.29, 0.717) is 12.8 Å². The third-order valence-electron chi connectivity index (χ3n) is 3.86. The van der Waals surface area contributed by atoms with Crippen LogP contribution in [0.25, 0.3) is 0 Å². The number of rotatable bonds is 9. The monoisotopic (exact) mass is 378 g/mol. The van der Waals surface area contributed by atoms with Crippen molar-refractivity contribution in [1.82, 2.24) is 15.5 Å². The lowest BCUT2D eigenvalue weighted by Gasteiger charge is -2.14. The molecule has 1 aliphatic heterocycles. The molecule has 3 N–H and O–H groups in total. The largest absolute Gasteiger partial charge is 0.481 e. The molecule has 11 nitrogen and oxygen atoms in total. The van der Waals surface area contributed by atoms with Crippen molar-refractivity contribution >= 4 is 29.5 Å². The van der Waals surface area contributed by atoms with Crippen LogP contribution in [0.1, 0.15) is 40.0 Å². The Morgan fingerprint density at radius 2 is 1.70 bits per heavy atom. The minimum atomic E-state index is -0.941. The molecule has 1 aliphatic rings. The fraction of sp³-hybridized carbons (Fsp3) is 0.375. The summed E-state index contributed by atoms with van der Waals surface area (Å²) in [6, 6.07) is 3.04. The molecule has 4 amide bonds. The van der Waals surface area contributed by atoms with E-state index in [-0.39, 0.29) is 42.9 Å². The number of fused-ring (bicyclic) bond motifs is 1. The molecule has 0 saturated heterocycles. The number of nitro benzene ring substituents is 1. The number of carbonyl (C=O) groups excluding carboxylic acids is 3. The first kappa shape index (κ1) is 19.8. The summed E-state index contributed by atoms with van der Waals surface area (Å²) >= 11 is 0. The van der Waals surface area contributed by atoms with Gasteiger partial charge in [-0.1, -0.05) is 0 Å². The van der Waals surface area contributed by atoms with Gasteiger partial charge in [-0.2, -0.15) is 0 Å². The summed E-state index contributed by atoms with van der Waals surface area (Å²) in [5.41, 5.74) is -0.147. The van der Waals surface area contributed by atoms with Crippen LogP contribution in [0.2, 0.25) is 0 Å². The molecular weight excluding hydrogens is 360 g/mol. The molecule has 0 radical (unpaired) electrons. The molecule has 0 fully saturated rings. The average Bonchev–Trinajstić information content (AvgIpc) is 2.86. The number of nitro groups is 1. The molecule has 144 valence electrons. The quantitative estimate of drug-likeness (QED) is 0.247. The molecule has 0 bridgehead atoms. The predicted octanol–water partition coefficient (Wildman–Crippen LogP) is 0.745. The second kappa shape index (κ2) is 8.74. The molecule has 1 aromatic carbocycles. The molecule has 0 aliphatic carbocycles. The number of nitrogens with zero attached hydrogens (tertiary/aromatic N) is 2. The van der Waals surface area contributed by atoms with Crippen LogP contribution in [0.5, 0.6) is 0 Å². The van der Waals surface area contributed by atoms with Gasteiger partial charge >= 0.3 is 12.0 Å². The maximum absolute atomic E-state index is 12.3. The van der Waals surface area contributed by atoms with Crippen molar-refractivity contribution in [3.63, 3.8) is 0 Å². The molecule has 27 heavy (non-hydrogen) atoms. The van der Waals surface area contributed by atoms with E-state index in [9.17, 15) is 29.3 Å². The van der Waals surface area contributed by atoms with E-state index in [1.807, 2.05) is 0 Å². The van der Waals surface area contributed by atoms with Gasteiger partial charge in [-0.05, 0) is 18.9 Å². The number of hydrogen-bond acceptors (Lipinski definition) is 6. The summed E-state index contributed by atoms with van der Waals surface area (Å²) in [5.74, 6) is -2.07. The molecular formula is C16H18N4O7. The van der Waals surface area contributed by atoms with Gasteiger partial charge in [0.15, 0.2) is 0 Å². The number of carboxylic acids is 1. The number of nitrogens with one attached hydrogen (secondary N) is 2. The molecule has 2 rings (SSSR count). The van der Waals surface area contributed by atoms with Crippen molar-refractivity contribution in [3.8, 4) is 0 Å². The van der Waals surface area contributed by atoms with Gasteiger partial charge in [-0.25, -0.2) is 4.79 Å². The van der Waals surface area contributed by atoms with Gasteiger partial charge in [-0.15, -0.1) is 0 Å². The number of amides is 4. The van der Waals surface area contributed by atoms with Crippen molar-refractivity contribution < 1.29 is 29.2 Å². The Labute approximate surface area is 153 Å². The van der Waals surface area contributed by atoms with E-state index in [2.05, 4.69) is 10.6 Å². The van der Waals surface area contributed by atoms with E-state index < -0.39 is 28.7 Å². The minimum Gasteiger partial charge on any atom is -0.481 e. The summed E-state index contributed by atoms with van der Waals surface area (Å²) in [4.78, 5) is 57.5. The number of non-ortho nitro benzene ring substituents is 1. The number of urea groups is 1. The van der Waals surface area contributed by atoms with Crippen LogP contribution in [-0.4, -0.2) is 58.4 Å². The van der Waals surface area contributed by atoms with Crippen LogP contribution in [0, 0.1) is 10.1 Å². The number of carboxylic acid groups (broad SMARTS) is 1. The zero-order valence-electron chi connectivity index (χ0n) is 14.3. The lowest BCUT2D eigenvalue weighted by atomic mass is 10.1. The van der Waals surface area contributed by atoms with Crippen LogP contribution in [0.15, 0.2) is 18.2 Å². The first-order valence-electron chi connectivity index (χ1n) is 8.19. The van der Waals surface area contributed by atoms with Crippen LogP contribution in [0.4, 0.5) is 10.5 Å². The highest BCUT2D eigenvalue weighted by Crippen LogP contribution is 2.26. The zero-order valence-corrected chi connectivity index (χ0v) is 14.3. The highest BCUT2D eigenvalue weighted by Gasteiger charge is 2.36. The van der Waals surface area contributed by atoms with Crippen LogP contribution in [-0.2, 0) is 4.79 Å². The van der Waals surface area contributed by atoms with Crippen molar-refractivity contribution in [2.24, 2.45) is 0 Å². The predicted molar refractivity (Wildman–Crippen MR) is 91.4 cm³/mol. The van der Waals surface area contributed by atoms with Crippen molar-refractivity contribution in [1.29, 1.82) is 0 Å². The molecule has 0 atom stereocenters. The van der Waals surface area contributed by atoms with Gasteiger partial charge in [0.25, 0.3) is 17.5 Å². The highest BCUT2D eigenvalue weighted by molar-refractivity contribution is 6.21. The average molecular weight is 378 g/mol. The Morgan fingerprint density at radius 3 is 2.33 bits per heavy atom. The molecule has 1 aromatic rings. The Balaban J connectivity index is 1.77. The number of aliphatic carboxylic acids is 1. The zero-order chi connectivity index (χ0) is 20.0. The third-order valence-corrected chi connectivity index (χ3v) is 3.86. The maximum Gasteiger partial charge on any atom is 0.314 e. The lowest BCUT2D eigenvalue weighted by Crippen LogP contribution is -2.38. The van der Waals surface area contributed by atoms with E-state index in [4.69, 9.17) is 5.11 Å². The molecule has 0 spiro atoms. The number of benzene rings is 1. The molecule has 0 unspecified atom stereocenters. The Kier molecular flexibility index (Phi) is 6.41. The van der Waals surface area contributed by atoms with Crippen LogP contribution >= 0.6 is 0 Å². The standard InChI is InChI=1S/C16H18N4O7/c21-13(22)3-1-6-17-16(25)18-7-2-8-19-14(23)11-5-4-10(20(26)27)9-12(11)15(19)24/h4-5,9H,1-3,6-8H2,(H,21,22)(H2,17,18,25). The summed E-state index contributed by atoms with van der Waals surface area (Å²) in [7, 11) is 0. The second-order valence-electron chi connectivity index (χ2n) is 5.78. The molecule has 1 heterocycles. The van der Waals surface area contributed by atoms with Crippen LogP contribution < -0.4 is 10.6 Å². The molecule has 11 heteroatoms. The van der Waals surface area contributed by atoms with E-state index in [1.165, 1.54) is 12.1 Å². The van der Waals surface area contributed by atoms with Gasteiger partial charge in [0, 0.05) is 38.2 Å². The van der Waals surface area contributed by atoms with E-state index in [0.717, 1.165) is 11.0 Å². The summed E-state index contributed by atoms with van der Waals surface area (Å²) in [6.07, 6.45) is 0.568. The van der Waals surface area contributed by atoms with Gasteiger partial charge in [-0.3, -0.25) is 29.4 Å². The highest BCUT2D eigenvalue weighted by atomic mass is 16.6. The van der Waals surface area contributed by atoms with Gasteiger partial charge in [0.1, 0.15) is 0 Å². The van der Waals surface area contributed by atoms with Gasteiger partial charge < -0.3 is 15.7 Å². The lowest BCUT2D eigenvalue weighted by molar-refractivity contribution is -0.384. The third kappa shape index (κ3) is 5.00. The molecule has 0 saturated carbocycles. The SMILES string of the molecule is O=C(O)CCCNC(=O)NCCCN1C(=O)c2ccc([N+](=O)[O-])cc2C1=O. The topological polar surface area (TPSA) is 159 Å². The van der Waals surface area contributed by atoms with Gasteiger partial charge in [0.05, 0.1) is 16.1 Å². The maximum atomic E-state index is 12.3. The number of hydrogen-bond donors (Lipinski definition) is 3. The summed E-state index contributed by atoms with van der Waals surface area (Å²) in [6.45, 7) is 0.465. The van der Waals surface area contributed by atoms with Crippen molar-refractivity contribution in [3.05, 3.63) is 39.4 Å². The summed E-state index contributed by atoms with van der Waals surface area (Å²) in [5, 5.41) is 24.3. The van der Waals surface area contributed by atoms with Gasteiger partial charge in [0.2, 0.25) is 0 Å². The van der Waals surface area contributed by atoms with Crippen molar-refractivity contribution in [2.45, 2.75) is 19.3 Å². The fourth-order valence-corrected chi connectivity index (χ4v) is 2.54. The normalized spacial score (nSPS) is 12.7. The Hall–Kier alpha value is -3.50. The first-order valence-corrected chi connectivity index (χ1v) is 8.19. The number of imide groups is 1. The summed E-state index contributed by atoms with van der Waals surface area (Å²) < 4.78 is 0. The first-order chi connectivity index (χ1) is 12.8. The minimum absolute atomic E-state index is 0.00154. The van der Waals surface area contributed by atoms with Crippen LogP contribution in [0.3, 0.4) is 0 Å². The molecule has 0 aromatic heterocycles. The Bertz CT molecular complexity index is 793. The van der Waals surface area contributed by atoms with Crippen molar-refractivity contribution in [2.75, 3.05) is 19.6 Å². The van der Waals surface area contributed by atoms with E-state index in [1.54, 1.807) is 0 Å². The second-order valence-corrected chi connectivity index (χ2v) is 5.78. The fourth-order valence-electron chi connectivity index (χ4n) is 2.54. The number of carbonyl (C=O) groups is 4. The Morgan fingerprint density at radius 1 is 1.07 bits per heavy atom. The van der Waals surface area contributed by atoms with E-state index >= 15 is 0 Å². The smallest absolute Gasteiger partial charge is 0.314 e.